The topological polar surface area (TPSA) is 47.0 Å². The molecule has 0 unspecified atom stereocenters. The normalized spacial score (nSPS) is 26.2. The second-order valence-corrected chi connectivity index (χ2v) is 7.15. The van der Waals surface area contributed by atoms with Gasteiger partial charge in [0.15, 0.2) is 0 Å². The van der Waals surface area contributed by atoms with E-state index in [0.29, 0.717) is 6.04 Å². The predicted molar refractivity (Wildman–Crippen MR) is 95.1 cm³/mol. The Hall–Kier alpha value is -1.59. The largest absolute Gasteiger partial charge is 0.465 e. The Kier molecular flexibility index (Phi) is 5.74. The molecule has 0 radical (unpaired) electrons. The Labute approximate surface area is 144 Å². The Morgan fingerprint density at radius 2 is 1.71 bits per heavy atom. The maximum Gasteiger partial charge on any atom is 0.407 e. The standard InChI is InChI=1S/C19H29N3O2/c1-20(19(23)24)17-7-9-18(10-8-17)22-13-11-21(12-14-22)15-16-5-3-2-4-6-16/h2-6,17-18H,7-15H2,1H3,(H,23,24). The smallest absolute Gasteiger partial charge is 0.407 e. The van der Waals surface area contributed by atoms with Gasteiger partial charge in [-0.05, 0) is 31.2 Å². The van der Waals surface area contributed by atoms with Crippen molar-refractivity contribution in [1.82, 2.24) is 14.7 Å². The molecule has 1 aliphatic carbocycles. The zero-order valence-electron chi connectivity index (χ0n) is 14.6. The summed E-state index contributed by atoms with van der Waals surface area (Å²) in [6.45, 7) is 5.58. The summed E-state index contributed by atoms with van der Waals surface area (Å²) in [6, 6.07) is 11.5. The zero-order valence-corrected chi connectivity index (χ0v) is 14.6. The molecule has 1 heterocycles. The number of hydrogen-bond acceptors (Lipinski definition) is 3. The molecule has 1 N–H and O–H groups in total. The van der Waals surface area contributed by atoms with Gasteiger partial charge in [-0.15, -0.1) is 0 Å². The summed E-state index contributed by atoms with van der Waals surface area (Å²) in [6.07, 6.45) is 3.45. The van der Waals surface area contributed by atoms with E-state index in [0.717, 1.165) is 58.4 Å². The average Bonchev–Trinajstić information content (AvgIpc) is 2.63. The number of hydrogen-bond donors (Lipinski definition) is 1. The van der Waals surface area contributed by atoms with Gasteiger partial charge in [-0.2, -0.15) is 0 Å². The van der Waals surface area contributed by atoms with Crippen molar-refractivity contribution in [3.63, 3.8) is 0 Å². The van der Waals surface area contributed by atoms with E-state index < -0.39 is 6.09 Å². The van der Waals surface area contributed by atoms with Crippen molar-refractivity contribution in [2.24, 2.45) is 0 Å². The molecule has 0 spiro atoms. The van der Waals surface area contributed by atoms with Crippen LogP contribution in [0.3, 0.4) is 0 Å². The first kappa shape index (κ1) is 17.2. The summed E-state index contributed by atoms with van der Waals surface area (Å²) in [5, 5.41) is 9.11. The first-order valence-corrected chi connectivity index (χ1v) is 9.09. The molecule has 1 saturated carbocycles. The fraction of sp³-hybridized carbons (Fsp3) is 0.632. The van der Waals surface area contributed by atoms with Crippen molar-refractivity contribution in [3.8, 4) is 0 Å². The summed E-state index contributed by atoms with van der Waals surface area (Å²) in [4.78, 5) is 17.7. The third kappa shape index (κ3) is 4.28. The van der Waals surface area contributed by atoms with Gasteiger partial charge in [-0.3, -0.25) is 9.80 Å². The number of nitrogens with zero attached hydrogens (tertiary/aromatic N) is 3. The van der Waals surface area contributed by atoms with Crippen molar-refractivity contribution in [2.45, 2.75) is 44.3 Å². The highest BCUT2D eigenvalue weighted by Crippen LogP contribution is 2.27. The van der Waals surface area contributed by atoms with Crippen molar-refractivity contribution >= 4 is 6.09 Å². The Morgan fingerprint density at radius 3 is 2.29 bits per heavy atom. The molecular formula is C19H29N3O2. The molecule has 132 valence electrons. The van der Waals surface area contributed by atoms with E-state index in [4.69, 9.17) is 5.11 Å². The molecule has 0 bridgehead atoms. The molecular weight excluding hydrogens is 302 g/mol. The number of carbonyl (C=O) groups is 1. The number of carboxylic acid groups (broad SMARTS) is 1. The molecule has 5 heteroatoms. The van der Waals surface area contributed by atoms with E-state index in [1.807, 2.05) is 0 Å². The fourth-order valence-corrected chi connectivity index (χ4v) is 4.10. The quantitative estimate of drug-likeness (QED) is 0.921. The highest BCUT2D eigenvalue weighted by molar-refractivity contribution is 5.64. The van der Waals surface area contributed by atoms with Gasteiger partial charge in [0.25, 0.3) is 0 Å². The van der Waals surface area contributed by atoms with Gasteiger partial charge in [-0.1, -0.05) is 30.3 Å². The van der Waals surface area contributed by atoms with Crippen LogP contribution in [0, 0.1) is 0 Å². The van der Waals surface area contributed by atoms with Crippen LogP contribution in [-0.2, 0) is 6.54 Å². The van der Waals surface area contributed by atoms with Gasteiger partial charge in [0.2, 0.25) is 0 Å². The third-order valence-electron chi connectivity index (χ3n) is 5.69. The minimum atomic E-state index is -0.798. The lowest BCUT2D eigenvalue weighted by atomic mass is 9.89. The van der Waals surface area contributed by atoms with E-state index in [2.05, 4.69) is 40.1 Å². The molecule has 5 nitrogen and oxygen atoms in total. The maximum atomic E-state index is 11.1. The van der Waals surface area contributed by atoms with Crippen LogP contribution in [0.1, 0.15) is 31.2 Å². The second-order valence-electron chi connectivity index (χ2n) is 7.15. The summed E-state index contributed by atoms with van der Waals surface area (Å²) < 4.78 is 0. The van der Waals surface area contributed by atoms with Crippen molar-refractivity contribution in [1.29, 1.82) is 0 Å². The van der Waals surface area contributed by atoms with Crippen LogP contribution in [0.15, 0.2) is 30.3 Å². The fourth-order valence-electron chi connectivity index (χ4n) is 4.10. The lowest BCUT2D eigenvalue weighted by Crippen LogP contribution is -2.52. The highest BCUT2D eigenvalue weighted by Gasteiger charge is 2.30. The Morgan fingerprint density at radius 1 is 1.08 bits per heavy atom. The van der Waals surface area contributed by atoms with E-state index in [-0.39, 0.29) is 6.04 Å². The molecule has 2 aliphatic rings. The monoisotopic (exact) mass is 331 g/mol. The van der Waals surface area contributed by atoms with E-state index in [1.54, 1.807) is 7.05 Å². The van der Waals surface area contributed by atoms with Crippen molar-refractivity contribution in [3.05, 3.63) is 35.9 Å². The van der Waals surface area contributed by atoms with E-state index >= 15 is 0 Å². The molecule has 1 aliphatic heterocycles. The van der Waals surface area contributed by atoms with Gasteiger partial charge < -0.3 is 10.0 Å². The Bertz CT molecular complexity index is 521. The van der Waals surface area contributed by atoms with Crippen LogP contribution >= 0.6 is 0 Å². The van der Waals surface area contributed by atoms with Gasteiger partial charge in [0.05, 0.1) is 0 Å². The molecule has 0 aromatic heterocycles. The molecule has 1 aromatic rings. The minimum absolute atomic E-state index is 0.207. The van der Waals surface area contributed by atoms with Crippen LogP contribution in [0.2, 0.25) is 0 Å². The van der Waals surface area contributed by atoms with Gasteiger partial charge >= 0.3 is 6.09 Å². The summed E-state index contributed by atoms with van der Waals surface area (Å²) in [5.41, 5.74) is 1.39. The van der Waals surface area contributed by atoms with Crippen LogP contribution in [-0.4, -0.2) is 71.2 Å². The molecule has 1 saturated heterocycles. The van der Waals surface area contributed by atoms with Gasteiger partial charge in [0.1, 0.15) is 0 Å². The molecule has 1 amide bonds. The maximum absolute atomic E-state index is 11.1. The van der Waals surface area contributed by atoms with Crippen LogP contribution in [0.4, 0.5) is 4.79 Å². The summed E-state index contributed by atoms with van der Waals surface area (Å²) in [5.74, 6) is 0. The lowest BCUT2D eigenvalue weighted by Gasteiger charge is -2.43. The molecule has 24 heavy (non-hydrogen) atoms. The number of piperazine rings is 1. The van der Waals surface area contributed by atoms with Gasteiger partial charge in [0, 0.05) is 51.9 Å². The number of benzene rings is 1. The van der Waals surface area contributed by atoms with E-state index in [9.17, 15) is 4.79 Å². The SMILES string of the molecule is CN(C(=O)O)C1CCC(N2CCN(Cc3ccccc3)CC2)CC1. The van der Waals surface area contributed by atoms with Crippen LogP contribution in [0.25, 0.3) is 0 Å². The average molecular weight is 331 g/mol. The zero-order chi connectivity index (χ0) is 16.9. The summed E-state index contributed by atoms with van der Waals surface area (Å²) >= 11 is 0. The van der Waals surface area contributed by atoms with Crippen LogP contribution < -0.4 is 0 Å². The molecule has 0 atom stereocenters. The van der Waals surface area contributed by atoms with E-state index in [1.165, 1.54) is 10.5 Å². The predicted octanol–water partition coefficient (Wildman–Crippen LogP) is 2.73. The molecule has 3 rings (SSSR count). The van der Waals surface area contributed by atoms with Crippen molar-refractivity contribution in [2.75, 3.05) is 33.2 Å². The molecule has 1 aromatic carbocycles. The Balaban J connectivity index is 1.42. The first-order valence-electron chi connectivity index (χ1n) is 9.09. The van der Waals surface area contributed by atoms with Crippen LogP contribution in [0.5, 0.6) is 0 Å². The minimum Gasteiger partial charge on any atom is -0.465 e. The summed E-state index contributed by atoms with van der Waals surface area (Å²) in [7, 11) is 1.70. The highest BCUT2D eigenvalue weighted by atomic mass is 16.4. The number of amides is 1. The molecule has 2 fully saturated rings. The number of rotatable bonds is 4. The lowest BCUT2D eigenvalue weighted by molar-refractivity contribution is 0.0578. The first-order chi connectivity index (χ1) is 11.6. The second kappa shape index (κ2) is 7.99. The van der Waals surface area contributed by atoms with Crippen molar-refractivity contribution < 1.29 is 9.90 Å². The third-order valence-corrected chi connectivity index (χ3v) is 5.69. The van der Waals surface area contributed by atoms with Gasteiger partial charge in [-0.25, -0.2) is 4.79 Å².